The predicted molar refractivity (Wildman–Crippen MR) is 98.7 cm³/mol. The number of carbonyl (C=O) groups is 2. The summed E-state index contributed by atoms with van der Waals surface area (Å²) in [6.45, 7) is 2.16. The Morgan fingerprint density at radius 3 is 2.29 bits per heavy atom. The maximum absolute atomic E-state index is 12.7. The highest BCUT2D eigenvalue weighted by atomic mass is 16.6. The second-order valence-corrected chi connectivity index (χ2v) is 6.14. The SMILES string of the molecule is N[C@H](CCC(=O)O)C(=O)C1COCCOCCOCCOc2ccccc2O1. The van der Waals surface area contributed by atoms with Crippen LogP contribution in [0.3, 0.4) is 0 Å². The summed E-state index contributed by atoms with van der Waals surface area (Å²) in [4.78, 5) is 23.4. The molecule has 0 amide bonds. The summed E-state index contributed by atoms with van der Waals surface area (Å²) in [5.74, 6) is -0.597. The van der Waals surface area contributed by atoms with Crippen LogP contribution in [-0.4, -0.2) is 75.3 Å². The third-order valence-corrected chi connectivity index (χ3v) is 3.97. The molecule has 1 aliphatic heterocycles. The third-order valence-electron chi connectivity index (χ3n) is 3.97. The zero-order valence-corrected chi connectivity index (χ0v) is 15.7. The summed E-state index contributed by atoms with van der Waals surface area (Å²) in [5.41, 5.74) is 5.88. The Labute approximate surface area is 163 Å². The number of hydrogen-bond acceptors (Lipinski definition) is 8. The molecule has 9 heteroatoms. The number of ketones is 1. The van der Waals surface area contributed by atoms with E-state index in [-0.39, 0.29) is 26.1 Å². The van der Waals surface area contributed by atoms with E-state index in [1.54, 1.807) is 24.3 Å². The number of aliphatic carboxylic acids is 1. The van der Waals surface area contributed by atoms with E-state index >= 15 is 0 Å². The Hall–Kier alpha value is -2.20. The average molecular weight is 397 g/mol. The van der Waals surface area contributed by atoms with Gasteiger partial charge in [0.25, 0.3) is 0 Å². The molecule has 1 unspecified atom stereocenters. The van der Waals surface area contributed by atoms with Gasteiger partial charge in [-0.25, -0.2) is 0 Å². The van der Waals surface area contributed by atoms with Crippen LogP contribution in [0.2, 0.25) is 0 Å². The van der Waals surface area contributed by atoms with Crippen molar-refractivity contribution >= 4 is 11.8 Å². The molecule has 1 aliphatic rings. The molecule has 2 rings (SSSR count). The van der Waals surface area contributed by atoms with E-state index in [1.165, 1.54) is 0 Å². The first-order valence-corrected chi connectivity index (χ1v) is 9.20. The molecule has 1 heterocycles. The monoisotopic (exact) mass is 397 g/mol. The van der Waals surface area contributed by atoms with Gasteiger partial charge in [-0.1, -0.05) is 12.1 Å². The molecule has 2 atom stereocenters. The van der Waals surface area contributed by atoms with Crippen LogP contribution in [0, 0.1) is 0 Å². The summed E-state index contributed by atoms with van der Waals surface area (Å²) in [7, 11) is 0. The van der Waals surface area contributed by atoms with Gasteiger partial charge in [-0.15, -0.1) is 0 Å². The summed E-state index contributed by atoms with van der Waals surface area (Å²) in [6, 6.07) is 5.98. The maximum atomic E-state index is 12.7. The minimum atomic E-state index is -1.01. The van der Waals surface area contributed by atoms with Gasteiger partial charge in [-0.3, -0.25) is 9.59 Å². The molecular weight excluding hydrogens is 370 g/mol. The zero-order valence-electron chi connectivity index (χ0n) is 15.7. The van der Waals surface area contributed by atoms with Gasteiger partial charge in [-0.05, 0) is 18.6 Å². The zero-order chi connectivity index (χ0) is 20.2. The van der Waals surface area contributed by atoms with Crippen LogP contribution >= 0.6 is 0 Å². The second kappa shape index (κ2) is 12.3. The van der Waals surface area contributed by atoms with Crippen LogP contribution in [0.1, 0.15) is 12.8 Å². The number of carbonyl (C=O) groups excluding carboxylic acids is 1. The number of Topliss-reactive ketones (excluding diaryl/α,β-unsaturated/α-hetero) is 1. The molecule has 0 bridgehead atoms. The molecule has 0 fully saturated rings. The Morgan fingerprint density at radius 2 is 1.61 bits per heavy atom. The first-order chi connectivity index (χ1) is 13.6. The summed E-state index contributed by atoms with van der Waals surface area (Å²) in [5, 5.41) is 8.80. The van der Waals surface area contributed by atoms with Gasteiger partial charge in [0.05, 0.1) is 45.7 Å². The average Bonchev–Trinajstić information content (AvgIpc) is 2.69. The highest BCUT2D eigenvalue weighted by Gasteiger charge is 2.28. The molecule has 3 N–H and O–H groups in total. The molecule has 0 aromatic heterocycles. The molecule has 1 aromatic rings. The molecule has 1 aromatic carbocycles. The van der Waals surface area contributed by atoms with Gasteiger partial charge in [0, 0.05) is 6.42 Å². The Balaban J connectivity index is 2.10. The summed E-state index contributed by atoms with van der Waals surface area (Å²) in [6.07, 6.45) is -1.17. The quantitative estimate of drug-likeness (QED) is 0.736. The topological polar surface area (TPSA) is 127 Å². The number of benzene rings is 1. The Bertz CT molecular complexity index is 624. The number of ether oxygens (including phenoxy) is 5. The molecule has 9 nitrogen and oxygen atoms in total. The van der Waals surface area contributed by atoms with Gasteiger partial charge < -0.3 is 34.5 Å². The number of rotatable bonds is 5. The maximum Gasteiger partial charge on any atom is 0.303 e. The lowest BCUT2D eigenvalue weighted by molar-refractivity contribution is -0.137. The fourth-order valence-corrected chi connectivity index (χ4v) is 2.50. The fourth-order valence-electron chi connectivity index (χ4n) is 2.50. The lowest BCUT2D eigenvalue weighted by Gasteiger charge is -2.22. The van der Waals surface area contributed by atoms with Gasteiger partial charge >= 0.3 is 5.97 Å². The number of fused-ring (bicyclic) bond motifs is 1. The van der Waals surface area contributed by atoms with E-state index in [1.807, 2.05) is 0 Å². The van der Waals surface area contributed by atoms with Crippen molar-refractivity contribution in [2.75, 3.05) is 46.2 Å². The van der Waals surface area contributed by atoms with Crippen LogP contribution in [0.5, 0.6) is 11.5 Å². The highest BCUT2D eigenvalue weighted by Crippen LogP contribution is 2.28. The van der Waals surface area contributed by atoms with Crippen molar-refractivity contribution in [1.29, 1.82) is 0 Å². The molecule has 0 spiro atoms. The van der Waals surface area contributed by atoms with Crippen LogP contribution in [-0.2, 0) is 23.8 Å². The molecule has 0 saturated heterocycles. The predicted octanol–water partition coefficient (Wildman–Crippen LogP) is 0.637. The van der Waals surface area contributed by atoms with Crippen molar-refractivity contribution in [3.8, 4) is 11.5 Å². The van der Waals surface area contributed by atoms with E-state index in [4.69, 9.17) is 34.5 Å². The molecule has 28 heavy (non-hydrogen) atoms. The largest absolute Gasteiger partial charge is 0.487 e. The smallest absolute Gasteiger partial charge is 0.303 e. The lowest BCUT2D eigenvalue weighted by Crippen LogP contribution is -2.44. The first kappa shape index (κ1) is 22.1. The van der Waals surface area contributed by atoms with Crippen molar-refractivity contribution in [3.05, 3.63) is 24.3 Å². The second-order valence-electron chi connectivity index (χ2n) is 6.14. The number of para-hydroxylation sites is 2. The minimum absolute atomic E-state index is 0.0205. The number of nitrogens with two attached hydrogens (primary N) is 1. The molecule has 0 aliphatic carbocycles. The Kier molecular flexibility index (Phi) is 9.70. The van der Waals surface area contributed by atoms with E-state index in [0.29, 0.717) is 44.5 Å². The number of hydrogen-bond donors (Lipinski definition) is 2. The Morgan fingerprint density at radius 1 is 1.00 bits per heavy atom. The van der Waals surface area contributed by atoms with Gasteiger partial charge in [0.2, 0.25) is 0 Å². The summed E-state index contributed by atoms with van der Waals surface area (Å²) >= 11 is 0. The van der Waals surface area contributed by atoms with E-state index in [0.717, 1.165) is 0 Å². The van der Waals surface area contributed by atoms with Gasteiger partial charge in [0.15, 0.2) is 23.4 Å². The molecule has 156 valence electrons. The fraction of sp³-hybridized carbons (Fsp3) is 0.579. The first-order valence-electron chi connectivity index (χ1n) is 9.20. The van der Waals surface area contributed by atoms with Gasteiger partial charge in [0.1, 0.15) is 6.61 Å². The molecule has 0 radical (unpaired) electrons. The lowest BCUT2D eigenvalue weighted by atomic mass is 10.0. The van der Waals surface area contributed by atoms with Crippen LogP contribution < -0.4 is 15.2 Å². The van der Waals surface area contributed by atoms with Crippen molar-refractivity contribution in [3.63, 3.8) is 0 Å². The van der Waals surface area contributed by atoms with Crippen molar-refractivity contribution in [2.45, 2.75) is 25.0 Å². The standard InChI is InChI=1S/C19H27NO8/c20-14(5-6-18(21)22)19(23)17-13-26-10-9-24-7-8-25-11-12-27-15-3-1-2-4-16(15)28-17/h1-4,14,17H,5-13,20H2,(H,21,22)/t14-,17?/m1/s1. The van der Waals surface area contributed by atoms with E-state index in [2.05, 4.69) is 0 Å². The van der Waals surface area contributed by atoms with Crippen molar-refractivity contribution < 1.29 is 38.4 Å². The molecule has 0 saturated carbocycles. The summed E-state index contributed by atoms with van der Waals surface area (Å²) < 4.78 is 27.8. The highest BCUT2D eigenvalue weighted by molar-refractivity contribution is 5.89. The van der Waals surface area contributed by atoms with Crippen LogP contribution in [0.4, 0.5) is 0 Å². The van der Waals surface area contributed by atoms with E-state index in [9.17, 15) is 9.59 Å². The van der Waals surface area contributed by atoms with Crippen molar-refractivity contribution in [2.24, 2.45) is 5.73 Å². The van der Waals surface area contributed by atoms with Crippen LogP contribution in [0.15, 0.2) is 24.3 Å². The minimum Gasteiger partial charge on any atom is -0.487 e. The third kappa shape index (κ3) is 7.81. The van der Waals surface area contributed by atoms with Crippen LogP contribution in [0.25, 0.3) is 0 Å². The van der Waals surface area contributed by atoms with E-state index < -0.39 is 23.9 Å². The number of carboxylic acid groups (broad SMARTS) is 1. The van der Waals surface area contributed by atoms with Crippen molar-refractivity contribution in [1.82, 2.24) is 0 Å². The normalized spacial score (nSPS) is 20.4. The van der Waals surface area contributed by atoms with Gasteiger partial charge in [-0.2, -0.15) is 0 Å². The molecular formula is C19H27NO8. The number of carboxylic acids is 1.